The third-order valence-electron chi connectivity index (χ3n) is 3.69. The molecule has 3 heterocycles. The minimum absolute atomic E-state index is 0.00150. The Hall–Kier alpha value is -2.44. The molecular formula is C14H18N6O. The second-order valence-corrected chi connectivity index (χ2v) is 5.18. The zero-order valence-electron chi connectivity index (χ0n) is 12.4. The number of likely N-dealkylation sites (tertiary alicyclic amines) is 1. The lowest BCUT2D eigenvalue weighted by atomic mass is 9.98. The average molecular weight is 286 g/mol. The molecule has 0 aromatic carbocycles. The van der Waals surface area contributed by atoms with E-state index >= 15 is 0 Å². The van der Waals surface area contributed by atoms with Crippen LogP contribution in [0.15, 0.2) is 18.5 Å². The molecule has 1 atom stereocenters. The van der Waals surface area contributed by atoms with Gasteiger partial charge in [-0.3, -0.25) is 9.48 Å². The Balaban J connectivity index is 1.84. The number of aryl methyl sites for hydroxylation is 2. The second-order valence-electron chi connectivity index (χ2n) is 5.18. The van der Waals surface area contributed by atoms with Gasteiger partial charge in [-0.2, -0.15) is 5.10 Å². The van der Waals surface area contributed by atoms with Crippen molar-refractivity contribution in [3.8, 4) is 0 Å². The van der Waals surface area contributed by atoms with Gasteiger partial charge in [-0.05, 0) is 13.3 Å². The molecule has 0 radical (unpaired) electrons. The van der Waals surface area contributed by atoms with Crippen molar-refractivity contribution in [3.05, 3.63) is 35.5 Å². The predicted octanol–water partition coefficient (Wildman–Crippen LogP) is 1.15. The van der Waals surface area contributed by atoms with Crippen LogP contribution >= 0.6 is 0 Å². The first kappa shape index (κ1) is 13.5. The first-order chi connectivity index (χ1) is 10.1. The van der Waals surface area contributed by atoms with E-state index in [4.69, 9.17) is 0 Å². The van der Waals surface area contributed by atoms with Crippen LogP contribution in [-0.2, 0) is 7.05 Å². The van der Waals surface area contributed by atoms with Gasteiger partial charge in [-0.1, -0.05) is 0 Å². The van der Waals surface area contributed by atoms with Gasteiger partial charge in [-0.15, -0.1) is 0 Å². The van der Waals surface area contributed by atoms with Gasteiger partial charge in [0.15, 0.2) is 0 Å². The quantitative estimate of drug-likeness (QED) is 0.916. The molecule has 0 aliphatic carbocycles. The number of aromatic nitrogens is 4. The SMILES string of the molecule is CNc1cc([C@H]2CCN2C(=O)c2cnn(C)c2)nc(C)n1. The predicted molar refractivity (Wildman–Crippen MR) is 77.9 cm³/mol. The first-order valence-corrected chi connectivity index (χ1v) is 6.91. The molecule has 7 nitrogen and oxygen atoms in total. The number of nitrogens with one attached hydrogen (secondary N) is 1. The van der Waals surface area contributed by atoms with Gasteiger partial charge in [0.1, 0.15) is 11.6 Å². The molecule has 1 N–H and O–H groups in total. The molecule has 2 aromatic heterocycles. The minimum Gasteiger partial charge on any atom is -0.373 e. The van der Waals surface area contributed by atoms with Crippen LogP contribution in [0.25, 0.3) is 0 Å². The summed E-state index contributed by atoms with van der Waals surface area (Å²) in [5.41, 5.74) is 1.50. The Kier molecular flexibility index (Phi) is 3.32. The molecule has 1 amide bonds. The smallest absolute Gasteiger partial charge is 0.257 e. The van der Waals surface area contributed by atoms with E-state index in [9.17, 15) is 4.79 Å². The summed E-state index contributed by atoms with van der Waals surface area (Å²) in [5.74, 6) is 1.48. The molecule has 0 unspecified atom stereocenters. The maximum atomic E-state index is 12.5. The third kappa shape index (κ3) is 2.46. The van der Waals surface area contributed by atoms with Gasteiger partial charge in [0.25, 0.3) is 5.91 Å². The average Bonchev–Trinajstić information content (AvgIpc) is 2.83. The van der Waals surface area contributed by atoms with Gasteiger partial charge >= 0.3 is 0 Å². The fourth-order valence-electron chi connectivity index (χ4n) is 2.52. The number of rotatable bonds is 3. The van der Waals surface area contributed by atoms with Crippen LogP contribution in [0.4, 0.5) is 5.82 Å². The highest BCUT2D eigenvalue weighted by Crippen LogP contribution is 2.34. The van der Waals surface area contributed by atoms with Crippen molar-refractivity contribution in [2.24, 2.45) is 7.05 Å². The molecule has 1 aliphatic rings. The highest BCUT2D eigenvalue weighted by atomic mass is 16.2. The van der Waals surface area contributed by atoms with Crippen molar-refractivity contribution in [1.29, 1.82) is 0 Å². The van der Waals surface area contributed by atoms with Crippen LogP contribution in [0.3, 0.4) is 0 Å². The Morgan fingerprint density at radius 1 is 1.43 bits per heavy atom. The van der Waals surface area contributed by atoms with E-state index in [-0.39, 0.29) is 11.9 Å². The van der Waals surface area contributed by atoms with Crippen LogP contribution in [0.2, 0.25) is 0 Å². The van der Waals surface area contributed by atoms with E-state index in [1.165, 1.54) is 0 Å². The van der Waals surface area contributed by atoms with Crippen molar-refractivity contribution < 1.29 is 4.79 Å². The fraction of sp³-hybridized carbons (Fsp3) is 0.429. The zero-order valence-corrected chi connectivity index (χ0v) is 12.4. The summed E-state index contributed by atoms with van der Waals surface area (Å²) in [6.45, 7) is 2.60. The summed E-state index contributed by atoms with van der Waals surface area (Å²) < 4.78 is 1.63. The van der Waals surface area contributed by atoms with Gasteiger partial charge in [0.2, 0.25) is 0 Å². The normalized spacial score (nSPS) is 17.5. The fourth-order valence-corrected chi connectivity index (χ4v) is 2.52. The summed E-state index contributed by atoms with van der Waals surface area (Å²) in [7, 11) is 3.63. The zero-order chi connectivity index (χ0) is 15.0. The van der Waals surface area contributed by atoms with Crippen LogP contribution in [-0.4, -0.2) is 44.1 Å². The van der Waals surface area contributed by atoms with Crippen LogP contribution in [0.5, 0.6) is 0 Å². The molecule has 110 valence electrons. The maximum Gasteiger partial charge on any atom is 0.257 e. The van der Waals surface area contributed by atoms with E-state index in [0.29, 0.717) is 11.4 Å². The lowest BCUT2D eigenvalue weighted by molar-refractivity contribution is 0.0450. The summed E-state index contributed by atoms with van der Waals surface area (Å²) in [6, 6.07) is 1.92. The topological polar surface area (TPSA) is 75.9 Å². The molecular weight excluding hydrogens is 268 g/mol. The van der Waals surface area contributed by atoms with Gasteiger partial charge in [-0.25, -0.2) is 9.97 Å². The summed E-state index contributed by atoms with van der Waals surface area (Å²) >= 11 is 0. The monoisotopic (exact) mass is 286 g/mol. The highest BCUT2D eigenvalue weighted by molar-refractivity contribution is 5.94. The van der Waals surface area contributed by atoms with Crippen molar-refractivity contribution in [2.75, 3.05) is 18.9 Å². The van der Waals surface area contributed by atoms with Gasteiger partial charge in [0, 0.05) is 32.9 Å². The van der Waals surface area contributed by atoms with Crippen LogP contribution in [0, 0.1) is 6.92 Å². The molecule has 1 fully saturated rings. The minimum atomic E-state index is 0.00150. The Morgan fingerprint density at radius 2 is 2.24 bits per heavy atom. The number of anilines is 1. The molecule has 7 heteroatoms. The van der Waals surface area contributed by atoms with E-state index in [2.05, 4.69) is 20.4 Å². The van der Waals surface area contributed by atoms with E-state index in [0.717, 1.165) is 24.5 Å². The van der Waals surface area contributed by atoms with Crippen molar-refractivity contribution in [1.82, 2.24) is 24.6 Å². The number of carbonyl (C=O) groups excluding carboxylic acids is 1. The molecule has 2 aromatic rings. The molecule has 1 saturated heterocycles. The van der Waals surface area contributed by atoms with E-state index in [1.54, 1.807) is 24.1 Å². The molecule has 0 spiro atoms. The van der Waals surface area contributed by atoms with E-state index in [1.807, 2.05) is 24.9 Å². The number of hydrogen-bond acceptors (Lipinski definition) is 5. The number of hydrogen-bond donors (Lipinski definition) is 1. The van der Waals surface area contributed by atoms with E-state index < -0.39 is 0 Å². The maximum absolute atomic E-state index is 12.5. The molecule has 0 bridgehead atoms. The molecule has 3 rings (SSSR count). The summed E-state index contributed by atoms with van der Waals surface area (Å²) in [6.07, 6.45) is 4.26. The summed E-state index contributed by atoms with van der Waals surface area (Å²) in [4.78, 5) is 23.1. The van der Waals surface area contributed by atoms with Crippen molar-refractivity contribution in [2.45, 2.75) is 19.4 Å². The highest BCUT2D eigenvalue weighted by Gasteiger charge is 2.35. The number of amides is 1. The van der Waals surface area contributed by atoms with Gasteiger partial charge in [0.05, 0.1) is 23.5 Å². The lowest BCUT2D eigenvalue weighted by Crippen LogP contribution is -2.45. The Morgan fingerprint density at radius 3 is 2.81 bits per heavy atom. The first-order valence-electron chi connectivity index (χ1n) is 6.91. The number of carbonyl (C=O) groups is 1. The standard InChI is InChI=1S/C14H18N6O/c1-9-17-11(6-13(15-2)18-9)12-4-5-20(12)14(21)10-7-16-19(3)8-10/h6-8,12H,4-5H2,1-3H3,(H,15,17,18)/t12-/m1/s1. The Labute approximate surface area is 123 Å². The summed E-state index contributed by atoms with van der Waals surface area (Å²) in [5, 5.41) is 7.07. The third-order valence-corrected chi connectivity index (χ3v) is 3.69. The van der Waals surface area contributed by atoms with Crippen LogP contribution in [0.1, 0.15) is 34.3 Å². The molecule has 1 aliphatic heterocycles. The second kappa shape index (κ2) is 5.16. The molecule has 21 heavy (non-hydrogen) atoms. The molecule has 0 saturated carbocycles. The lowest BCUT2D eigenvalue weighted by Gasteiger charge is -2.40. The largest absolute Gasteiger partial charge is 0.373 e. The van der Waals surface area contributed by atoms with Gasteiger partial charge < -0.3 is 10.2 Å². The van der Waals surface area contributed by atoms with Crippen molar-refractivity contribution >= 4 is 11.7 Å². The Bertz CT molecular complexity index is 680. The van der Waals surface area contributed by atoms with Crippen molar-refractivity contribution in [3.63, 3.8) is 0 Å². The van der Waals surface area contributed by atoms with Crippen LogP contribution < -0.4 is 5.32 Å². The number of nitrogens with zero attached hydrogens (tertiary/aromatic N) is 5.